The molecule has 0 atom stereocenters. The molecule has 153 valence electrons. The van der Waals surface area contributed by atoms with Crippen LogP contribution in [-0.2, 0) is 29.4 Å². The highest BCUT2D eigenvalue weighted by molar-refractivity contribution is 7.92. The Balaban J connectivity index is 1.72. The Labute approximate surface area is 171 Å². The summed E-state index contributed by atoms with van der Waals surface area (Å²) in [6.07, 6.45) is 8.37. The molecule has 0 heterocycles. The van der Waals surface area contributed by atoms with Crippen LogP contribution in [-0.4, -0.2) is 37.0 Å². The summed E-state index contributed by atoms with van der Waals surface area (Å²) in [6.45, 7) is 0. The van der Waals surface area contributed by atoms with E-state index in [-0.39, 0.29) is 0 Å². The molecular weight excluding hydrogens is 415 g/mol. The summed E-state index contributed by atoms with van der Waals surface area (Å²) in [5.74, 6) is 0. The molecule has 0 unspecified atom stereocenters. The monoisotopic (exact) mass is 435 g/mol. The third-order valence-electron chi connectivity index (χ3n) is 3.22. The summed E-state index contributed by atoms with van der Waals surface area (Å²) in [4.78, 5) is 0. The van der Waals surface area contributed by atoms with Crippen molar-refractivity contribution in [2.24, 2.45) is 0 Å². The third-order valence-corrected chi connectivity index (χ3v) is 4.43. The fourth-order valence-electron chi connectivity index (χ4n) is 2.08. The second kappa shape index (κ2) is 10.0. The van der Waals surface area contributed by atoms with Crippen molar-refractivity contribution in [1.29, 1.82) is 0 Å². The Hall–Kier alpha value is -2.92. The molecule has 8 nitrogen and oxygen atoms in total. The van der Waals surface area contributed by atoms with Crippen molar-refractivity contribution < 1.29 is 26.1 Å². The predicted molar refractivity (Wildman–Crippen MR) is 116 cm³/mol. The number of anilines is 2. The van der Waals surface area contributed by atoms with Crippen molar-refractivity contribution in [3.05, 3.63) is 72.2 Å². The van der Waals surface area contributed by atoms with Gasteiger partial charge in [0.25, 0.3) is 0 Å². The highest BCUT2D eigenvalue weighted by atomic mass is 32.2. The Morgan fingerprint density at radius 2 is 1.03 bits per heavy atom. The molecule has 0 aliphatic rings. The summed E-state index contributed by atoms with van der Waals surface area (Å²) in [5, 5.41) is 0. The maximum atomic E-state index is 11.1. The van der Waals surface area contributed by atoms with Gasteiger partial charge in [-0.3, -0.25) is 9.44 Å². The maximum absolute atomic E-state index is 11.1. The number of rotatable bonds is 10. The quantitative estimate of drug-likeness (QED) is 0.337. The minimum Gasteiger partial charge on any atom is -0.532 e. The molecule has 2 aromatic carbocycles. The first-order chi connectivity index (χ1) is 13.6. The molecule has 1 radical (unpaired) electrons. The van der Waals surface area contributed by atoms with Crippen LogP contribution in [0.4, 0.5) is 11.4 Å². The topological polar surface area (TPSA) is 111 Å². The molecule has 29 heavy (non-hydrogen) atoms. The van der Waals surface area contributed by atoms with Gasteiger partial charge in [-0.15, -0.1) is 0 Å². The lowest BCUT2D eigenvalue weighted by molar-refractivity contribution is 0.380. The highest BCUT2D eigenvalue weighted by Gasteiger charge is 2.01. The van der Waals surface area contributed by atoms with Crippen LogP contribution in [0.25, 0.3) is 12.2 Å². The molecule has 0 spiro atoms. The van der Waals surface area contributed by atoms with Gasteiger partial charge in [0, 0.05) is 11.4 Å². The fraction of sp³-hybridized carbons (Fsp3) is 0.111. The summed E-state index contributed by atoms with van der Waals surface area (Å²) in [5.41, 5.74) is 2.59. The highest BCUT2D eigenvalue weighted by Crippen LogP contribution is 2.13. The van der Waals surface area contributed by atoms with Crippen LogP contribution in [0.1, 0.15) is 11.1 Å². The van der Waals surface area contributed by atoms with Gasteiger partial charge in [-0.05, 0) is 47.5 Å². The van der Waals surface area contributed by atoms with Crippen LogP contribution in [0.2, 0.25) is 0 Å². The molecule has 0 aliphatic heterocycles. The van der Waals surface area contributed by atoms with E-state index in [4.69, 9.17) is 9.31 Å². The van der Waals surface area contributed by atoms with E-state index >= 15 is 0 Å². The third kappa shape index (κ3) is 9.72. The average Bonchev–Trinajstić information content (AvgIpc) is 2.61. The summed E-state index contributed by atoms with van der Waals surface area (Å²) in [7, 11) is -5.46. The van der Waals surface area contributed by atoms with Crippen LogP contribution in [0.5, 0.6) is 0 Å². The van der Waals surface area contributed by atoms with E-state index in [0.717, 1.165) is 31.3 Å². The van der Waals surface area contributed by atoms with Crippen LogP contribution in [0, 0.1) is 0 Å². The molecule has 0 fully saturated rings. The van der Waals surface area contributed by atoms with E-state index in [9.17, 15) is 16.8 Å². The van der Waals surface area contributed by atoms with Crippen molar-refractivity contribution in [3.8, 4) is 0 Å². The van der Waals surface area contributed by atoms with Crippen molar-refractivity contribution in [1.82, 2.24) is 0 Å². The van der Waals surface area contributed by atoms with E-state index in [1.54, 1.807) is 60.7 Å². The lowest BCUT2D eigenvalue weighted by Crippen LogP contribution is -2.09. The number of benzene rings is 2. The number of nitrogens with one attached hydrogen (secondary N) is 2. The molecule has 11 heteroatoms. The van der Waals surface area contributed by atoms with Crippen LogP contribution < -0.4 is 9.44 Å². The molecule has 2 N–H and O–H groups in total. The number of hydrogen-bond acceptors (Lipinski definition) is 6. The summed E-state index contributed by atoms with van der Waals surface area (Å²) >= 11 is 0. The SMILES string of the molecule is CS(=O)(=O)Nc1ccc(C=CO[B]OC=Cc2ccc(NS(C)(=O)=O)cc2)cc1. The van der Waals surface area contributed by atoms with Gasteiger partial charge in [-0.25, -0.2) is 16.8 Å². The molecule has 2 rings (SSSR count). The molecule has 0 saturated carbocycles. The molecule has 0 saturated heterocycles. The lowest BCUT2D eigenvalue weighted by Gasteiger charge is -2.03. The first kappa shape index (κ1) is 22.4. The van der Waals surface area contributed by atoms with Crippen molar-refractivity contribution in [2.75, 3.05) is 22.0 Å². The first-order valence-electron chi connectivity index (χ1n) is 8.22. The molecule has 0 amide bonds. The van der Waals surface area contributed by atoms with Crippen LogP contribution in [0.15, 0.2) is 61.1 Å². The van der Waals surface area contributed by atoms with Gasteiger partial charge in [0.2, 0.25) is 20.0 Å². The van der Waals surface area contributed by atoms with Crippen LogP contribution >= 0.6 is 0 Å². The fourth-order valence-corrected chi connectivity index (χ4v) is 3.21. The molecule has 0 bridgehead atoms. The van der Waals surface area contributed by atoms with Crippen molar-refractivity contribution >= 4 is 51.3 Å². The minimum absolute atomic E-state index is 0.478. The second-order valence-electron chi connectivity index (χ2n) is 5.97. The zero-order valence-corrected chi connectivity index (χ0v) is 17.4. The van der Waals surface area contributed by atoms with Gasteiger partial charge in [0.1, 0.15) is 0 Å². The lowest BCUT2D eigenvalue weighted by atomic mass is 10.2. The molecule has 0 aromatic heterocycles. The summed E-state index contributed by atoms with van der Waals surface area (Å²) in [6, 6.07) is 13.5. The van der Waals surface area contributed by atoms with Gasteiger partial charge in [0.05, 0.1) is 25.0 Å². The standard InChI is InChI=1S/C18H20BN2O6S2/c1-28(22,23)20-17-7-3-15(4-8-17)11-13-26-19-27-14-12-16-5-9-18(10-6-16)21-29(2,24)25/h3-14,20-21H,1-2H3. The number of sulfonamides is 2. The zero-order chi connectivity index (χ0) is 21.3. The van der Waals surface area contributed by atoms with E-state index in [0.29, 0.717) is 11.4 Å². The van der Waals surface area contributed by atoms with Gasteiger partial charge in [-0.2, -0.15) is 0 Å². The van der Waals surface area contributed by atoms with Crippen LogP contribution in [0.3, 0.4) is 0 Å². The Kier molecular flexibility index (Phi) is 7.74. The van der Waals surface area contributed by atoms with Gasteiger partial charge in [-0.1, -0.05) is 24.3 Å². The normalized spacial score (nSPS) is 12.1. The largest absolute Gasteiger partial charge is 0.657 e. The Morgan fingerprint density at radius 1 is 0.690 bits per heavy atom. The Bertz CT molecular complexity index is 977. The molecule has 0 aliphatic carbocycles. The van der Waals surface area contributed by atoms with Gasteiger partial charge >= 0.3 is 7.69 Å². The maximum Gasteiger partial charge on any atom is 0.657 e. The Morgan fingerprint density at radius 3 is 1.34 bits per heavy atom. The summed E-state index contributed by atoms with van der Waals surface area (Å²) < 4.78 is 59.5. The van der Waals surface area contributed by atoms with E-state index < -0.39 is 20.0 Å². The smallest absolute Gasteiger partial charge is 0.532 e. The molecular formula is C18H20BN2O6S2. The van der Waals surface area contributed by atoms with Crippen molar-refractivity contribution in [2.45, 2.75) is 0 Å². The van der Waals surface area contributed by atoms with Gasteiger partial charge < -0.3 is 9.31 Å². The number of hydrogen-bond donors (Lipinski definition) is 2. The minimum atomic E-state index is -3.30. The van der Waals surface area contributed by atoms with Gasteiger partial charge in [0.15, 0.2) is 0 Å². The predicted octanol–water partition coefficient (Wildman–Crippen LogP) is 2.64. The average molecular weight is 435 g/mol. The van der Waals surface area contributed by atoms with Crippen molar-refractivity contribution in [3.63, 3.8) is 0 Å². The zero-order valence-electron chi connectivity index (χ0n) is 15.8. The first-order valence-corrected chi connectivity index (χ1v) is 12.0. The van der Waals surface area contributed by atoms with E-state index in [1.807, 2.05) is 0 Å². The van der Waals surface area contributed by atoms with E-state index in [2.05, 4.69) is 9.44 Å². The van der Waals surface area contributed by atoms with E-state index in [1.165, 1.54) is 12.5 Å². The molecule has 2 aromatic rings. The second-order valence-corrected chi connectivity index (χ2v) is 9.46.